The van der Waals surface area contributed by atoms with Crippen LogP contribution >= 0.6 is 12.6 Å². The van der Waals surface area contributed by atoms with E-state index in [4.69, 9.17) is 5.11 Å². The Hall–Kier alpha value is -0.480. The minimum absolute atomic E-state index is 0.188. The Morgan fingerprint density at radius 1 is 1.69 bits per heavy atom. The van der Waals surface area contributed by atoms with Gasteiger partial charge in [0.2, 0.25) is 0 Å². The molecule has 0 aromatic rings. The van der Waals surface area contributed by atoms with E-state index >= 15 is 0 Å². The quantitative estimate of drug-likeness (QED) is 0.445. The van der Waals surface area contributed by atoms with Crippen LogP contribution in [0.5, 0.6) is 0 Å². The Kier molecular flexibility index (Phi) is 5.82. The van der Waals surface area contributed by atoms with E-state index in [1.165, 1.54) is 0 Å². The highest BCUT2D eigenvalue weighted by atomic mass is 32.1. The number of Topliss-reactive ketones (excluding diaryl/α,β-unsaturated/α-hetero) is 1. The second kappa shape index (κ2) is 6.05. The zero-order valence-corrected chi connectivity index (χ0v) is 8.97. The Morgan fingerprint density at radius 2 is 2.23 bits per heavy atom. The maximum atomic E-state index is 11.3. The van der Waals surface area contributed by atoms with Gasteiger partial charge in [0.1, 0.15) is 0 Å². The number of ketones is 1. The second-order valence-electron chi connectivity index (χ2n) is 2.94. The van der Waals surface area contributed by atoms with Crippen molar-refractivity contribution in [3.8, 4) is 0 Å². The molecule has 0 aromatic heterocycles. The summed E-state index contributed by atoms with van der Waals surface area (Å²) in [5.74, 6) is -0.422. The van der Waals surface area contributed by atoms with E-state index in [-0.39, 0.29) is 11.7 Å². The number of carbonyl (C=O) groups excluding carboxylic acids is 1. The van der Waals surface area contributed by atoms with Crippen LogP contribution in [0, 0.1) is 5.92 Å². The first-order valence-electron chi connectivity index (χ1n) is 4.28. The maximum Gasteiger partial charge on any atom is 0.174 e. The van der Waals surface area contributed by atoms with E-state index in [0.717, 1.165) is 5.70 Å². The summed E-state index contributed by atoms with van der Waals surface area (Å²) >= 11 is 3.69. The molecule has 0 heterocycles. The van der Waals surface area contributed by atoms with Crippen LogP contribution in [0.4, 0.5) is 0 Å². The van der Waals surface area contributed by atoms with Gasteiger partial charge in [0.15, 0.2) is 11.2 Å². The summed E-state index contributed by atoms with van der Waals surface area (Å²) in [6.45, 7) is 5.64. The predicted molar refractivity (Wildman–Crippen MR) is 56.6 cm³/mol. The van der Waals surface area contributed by atoms with E-state index in [1.807, 2.05) is 6.92 Å². The lowest BCUT2D eigenvalue weighted by Gasteiger charge is -2.15. The number of rotatable bonds is 6. The minimum atomic E-state index is -1.17. The van der Waals surface area contributed by atoms with Gasteiger partial charge in [-0.2, -0.15) is 0 Å². The van der Waals surface area contributed by atoms with Gasteiger partial charge in [-0.15, -0.1) is 12.6 Å². The molecule has 0 aliphatic rings. The van der Waals surface area contributed by atoms with Crippen molar-refractivity contribution in [2.75, 3.05) is 7.05 Å². The number of allylic oxidation sites excluding steroid dienone is 1. The standard InChI is InChI=1S/C9H17NO2S/c1-4-7(5-6(2)10-3)8(11)9(12)13/h7,9-10,12-13H,2,4-5H2,1,3H3. The molecule has 0 aliphatic carbocycles. The highest BCUT2D eigenvalue weighted by Crippen LogP contribution is 2.16. The zero-order valence-electron chi connectivity index (χ0n) is 8.08. The summed E-state index contributed by atoms with van der Waals surface area (Å²) in [7, 11) is 1.76. The molecule has 2 unspecified atom stereocenters. The molecular weight excluding hydrogens is 186 g/mol. The monoisotopic (exact) mass is 203 g/mol. The van der Waals surface area contributed by atoms with Gasteiger partial charge >= 0.3 is 0 Å². The summed E-state index contributed by atoms with van der Waals surface area (Å²) in [6, 6.07) is 0. The molecule has 13 heavy (non-hydrogen) atoms. The SMILES string of the molecule is C=C(CC(CC)C(=O)C(O)S)NC. The van der Waals surface area contributed by atoms with Crippen molar-refractivity contribution in [2.45, 2.75) is 25.2 Å². The van der Waals surface area contributed by atoms with E-state index < -0.39 is 5.44 Å². The third-order valence-electron chi connectivity index (χ3n) is 2.00. The molecule has 0 spiro atoms. The lowest BCUT2D eigenvalue weighted by Crippen LogP contribution is -2.25. The Bertz CT molecular complexity index is 192. The molecule has 3 nitrogen and oxygen atoms in total. The second-order valence-corrected chi connectivity index (χ2v) is 3.43. The van der Waals surface area contributed by atoms with E-state index in [1.54, 1.807) is 7.05 Å². The van der Waals surface area contributed by atoms with Gasteiger partial charge in [0.05, 0.1) is 0 Å². The molecule has 2 atom stereocenters. The number of nitrogens with one attached hydrogen (secondary N) is 1. The van der Waals surface area contributed by atoms with Crippen molar-refractivity contribution in [2.24, 2.45) is 5.92 Å². The van der Waals surface area contributed by atoms with Gasteiger partial charge in [-0.05, 0) is 12.8 Å². The normalized spacial score (nSPS) is 14.8. The van der Waals surface area contributed by atoms with E-state index in [0.29, 0.717) is 12.8 Å². The third-order valence-corrected chi connectivity index (χ3v) is 2.25. The lowest BCUT2D eigenvalue weighted by molar-refractivity contribution is -0.127. The van der Waals surface area contributed by atoms with Gasteiger partial charge in [0.25, 0.3) is 0 Å². The van der Waals surface area contributed by atoms with Crippen molar-refractivity contribution in [3.63, 3.8) is 0 Å². The molecule has 4 heteroatoms. The molecule has 0 aromatic carbocycles. The van der Waals surface area contributed by atoms with Crippen LogP contribution in [0.25, 0.3) is 0 Å². The van der Waals surface area contributed by atoms with Gasteiger partial charge in [0, 0.05) is 18.7 Å². The van der Waals surface area contributed by atoms with Crippen LogP contribution in [0.2, 0.25) is 0 Å². The molecule has 0 bridgehead atoms. The Morgan fingerprint density at radius 3 is 2.54 bits per heavy atom. The molecule has 0 amide bonds. The van der Waals surface area contributed by atoms with Crippen molar-refractivity contribution >= 4 is 18.4 Å². The van der Waals surface area contributed by atoms with E-state index in [9.17, 15) is 4.79 Å². The molecule has 0 rings (SSSR count). The smallest absolute Gasteiger partial charge is 0.174 e. The first-order chi connectivity index (χ1) is 6.02. The van der Waals surface area contributed by atoms with Crippen molar-refractivity contribution in [3.05, 3.63) is 12.3 Å². The highest BCUT2D eigenvalue weighted by Gasteiger charge is 2.21. The number of thiol groups is 1. The maximum absolute atomic E-state index is 11.3. The number of aliphatic hydroxyl groups is 1. The summed E-state index contributed by atoms with van der Waals surface area (Å²) in [6.07, 6.45) is 1.25. The van der Waals surface area contributed by atoms with Crippen LogP contribution < -0.4 is 5.32 Å². The molecule has 76 valence electrons. The molecule has 0 fully saturated rings. The fraction of sp³-hybridized carbons (Fsp3) is 0.667. The number of carbonyl (C=O) groups is 1. The van der Waals surface area contributed by atoms with Crippen LogP contribution in [0.15, 0.2) is 12.3 Å². The molecular formula is C9H17NO2S. The van der Waals surface area contributed by atoms with Crippen LogP contribution in [0.3, 0.4) is 0 Å². The third kappa shape index (κ3) is 4.33. The fourth-order valence-corrected chi connectivity index (χ4v) is 1.27. The minimum Gasteiger partial charge on any atom is -0.392 e. The summed E-state index contributed by atoms with van der Waals surface area (Å²) in [5.41, 5.74) is -0.371. The van der Waals surface area contributed by atoms with Gasteiger partial charge in [-0.1, -0.05) is 13.5 Å². The fourth-order valence-electron chi connectivity index (χ4n) is 1.06. The molecule has 0 saturated carbocycles. The summed E-state index contributed by atoms with van der Waals surface area (Å²) in [5, 5.41) is 11.8. The Balaban J connectivity index is 4.18. The van der Waals surface area contributed by atoms with Gasteiger partial charge in [-0.3, -0.25) is 4.79 Å². The molecule has 0 radical (unpaired) electrons. The van der Waals surface area contributed by atoms with Crippen LogP contribution in [-0.2, 0) is 4.79 Å². The van der Waals surface area contributed by atoms with Crippen molar-refractivity contribution < 1.29 is 9.90 Å². The first-order valence-corrected chi connectivity index (χ1v) is 4.79. The average Bonchev–Trinajstić information content (AvgIpc) is 2.12. The summed E-state index contributed by atoms with van der Waals surface area (Å²) in [4.78, 5) is 11.3. The largest absolute Gasteiger partial charge is 0.392 e. The topological polar surface area (TPSA) is 49.3 Å². The number of aliphatic hydroxyl groups excluding tert-OH is 1. The Labute approximate surface area is 84.6 Å². The summed E-state index contributed by atoms with van der Waals surface area (Å²) < 4.78 is 0. The van der Waals surface area contributed by atoms with E-state index in [2.05, 4.69) is 24.5 Å². The molecule has 0 aliphatic heterocycles. The number of hydrogen-bond acceptors (Lipinski definition) is 4. The van der Waals surface area contributed by atoms with Gasteiger partial charge in [-0.25, -0.2) is 0 Å². The first kappa shape index (κ1) is 12.5. The van der Waals surface area contributed by atoms with Crippen LogP contribution in [0.1, 0.15) is 19.8 Å². The van der Waals surface area contributed by atoms with Crippen LogP contribution in [-0.4, -0.2) is 23.4 Å². The average molecular weight is 203 g/mol. The van der Waals surface area contributed by atoms with Crippen molar-refractivity contribution in [1.82, 2.24) is 5.32 Å². The zero-order chi connectivity index (χ0) is 10.4. The number of hydrogen-bond donors (Lipinski definition) is 3. The van der Waals surface area contributed by atoms with Gasteiger partial charge < -0.3 is 10.4 Å². The molecule has 0 saturated heterocycles. The predicted octanol–water partition coefficient (Wildman–Crippen LogP) is 0.953. The lowest BCUT2D eigenvalue weighted by atomic mass is 9.96. The highest BCUT2D eigenvalue weighted by molar-refractivity contribution is 7.81. The molecule has 2 N–H and O–H groups in total. The van der Waals surface area contributed by atoms with Crippen molar-refractivity contribution in [1.29, 1.82) is 0 Å².